The molecule has 2 rings (SSSR count). The average Bonchev–Trinajstić information content (AvgIpc) is 2.76. The number of nitrogens with zero attached hydrogens (tertiary/aromatic N) is 2. The summed E-state index contributed by atoms with van der Waals surface area (Å²) < 4.78 is 8.41. The van der Waals surface area contributed by atoms with Crippen LogP contribution >= 0.6 is 12.2 Å². The van der Waals surface area contributed by atoms with Gasteiger partial charge in [-0.3, -0.25) is 9.67 Å². The number of ether oxygens (including phenoxy) is 1. The zero-order chi connectivity index (χ0) is 14.7. The highest BCUT2D eigenvalue weighted by molar-refractivity contribution is 7.71. The minimum Gasteiger partial charge on any atom is -0.483 e. The number of allylic oxidation sites excluding steroid dienone is 1. The summed E-state index contributed by atoms with van der Waals surface area (Å²) in [7, 11) is 0. The van der Waals surface area contributed by atoms with E-state index >= 15 is 0 Å². The van der Waals surface area contributed by atoms with Gasteiger partial charge in [-0.1, -0.05) is 12.1 Å². The lowest BCUT2D eigenvalue weighted by atomic mass is 10.1. The second kappa shape index (κ2) is 6.05. The lowest BCUT2D eigenvalue weighted by molar-refractivity contribution is 0.211. The van der Waals surface area contributed by atoms with Crippen molar-refractivity contribution < 1.29 is 4.74 Å². The quantitative estimate of drug-likeness (QED) is 0.671. The molecule has 1 heterocycles. The van der Waals surface area contributed by atoms with Gasteiger partial charge < -0.3 is 4.74 Å². The largest absolute Gasteiger partial charge is 0.483 e. The van der Waals surface area contributed by atoms with Gasteiger partial charge in [0.05, 0.1) is 0 Å². The number of H-pyrrole nitrogens is 1. The molecular formula is C15H19N3OS. The Labute approximate surface area is 124 Å². The number of aromatic nitrogens is 3. The van der Waals surface area contributed by atoms with Gasteiger partial charge >= 0.3 is 0 Å². The van der Waals surface area contributed by atoms with Crippen LogP contribution in [0, 0.1) is 18.6 Å². The Balaban J connectivity index is 2.23. The normalized spacial score (nSPS) is 12.2. The summed E-state index contributed by atoms with van der Waals surface area (Å²) in [6, 6.07) is 6.06. The van der Waals surface area contributed by atoms with Crippen molar-refractivity contribution in [3.05, 3.63) is 52.6 Å². The van der Waals surface area contributed by atoms with Crippen molar-refractivity contribution in [2.45, 2.75) is 33.4 Å². The number of benzene rings is 1. The van der Waals surface area contributed by atoms with Gasteiger partial charge in [-0.2, -0.15) is 5.10 Å². The molecule has 0 amide bonds. The maximum absolute atomic E-state index is 5.95. The SMILES string of the molecule is C=CCn1c([C@H](C)Oc2ccc(C)c(C)c2)n[nH]c1=S. The van der Waals surface area contributed by atoms with Gasteiger partial charge in [0, 0.05) is 6.54 Å². The van der Waals surface area contributed by atoms with Crippen LogP contribution in [-0.4, -0.2) is 14.8 Å². The van der Waals surface area contributed by atoms with Crippen molar-refractivity contribution in [2.24, 2.45) is 0 Å². The molecule has 0 bridgehead atoms. The van der Waals surface area contributed by atoms with Gasteiger partial charge in [0.15, 0.2) is 16.7 Å². The molecule has 0 spiro atoms. The molecule has 0 aliphatic heterocycles. The van der Waals surface area contributed by atoms with Gasteiger partial charge in [0.1, 0.15) is 5.75 Å². The third-order valence-electron chi connectivity index (χ3n) is 3.25. The smallest absolute Gasteiger partial charge is 0.195 e. The van der Waals surface area contributed by atoms with Crippen molar-refractivity contribution >= 4 is 12.2 Å². The molecule has 1 aromatic carbocycles. The summed E-state index contributed by atoms with van der Waals surface area (Å²) in [5, 5.41) is 7.04. The summed E-state index contributed by atoms with van der Waals surface area (Å²) in [4.78, 5) is 0. The van der Waals surface area contributed by atoms with E-state index in [2.05, 4.69) is 36.7 Å². The van der Waals surface area contributed by atoms with E-state index in [0.717, 1.165) is 11.6 Å². The Hall–Kier alpha value is -1.88. The molecule has 0 saturated heterocycles. The second-order valence-electron chi connectivity index (χ2n) is 4.79. The molecule has 2 aromatic rings. The fourth-order valence-corrected chi connectivity index (χ4v) is 2.20. The Kier molecular flexibility index (Phi) is 4.39. The molecule has 1 atom stereocenters. The fraction of sp³-hybridized carbons (Fsp3) is 0.333. The molecule has 0 aliphatic carbocycles. The first-order chi connectivity index (χ1) is 9.52. The first kappa shape index (κ1) is 14.5. The van der Waals surface area contributed by atoms with Crippen LogP contribution in [0.5, 0.6) is 5.75 Å². The Morgan fingerprint density at radius 1 is 1.45 bits per heavy atom. The number of nitrogens with one attached hydrogen (secondary N) is 1. The third-order valence-corrected chi connectivity index (χ3v) is 3.57. The summed E-state index contributed by atoms with van der Waals surface area (Å²) in [5.74, 6) is 1.60. The summed E-state index contributed by atoms with van der Waals surface area (Å²) in [5.41, 5.74) is 2.46. The van der Waals surface area contributed by atoms with Crippen LogP contribution in [-0.2, 0) is 6.54 Å². The number of aromatic amines is 1. The summed E-state index contributed by atoms with van der Waals surface area (Å²) in [6.45, 7) is 10.5. The zero-order valence-corrected chi connectivity index (χ0v) is 12.8. The van der Waals surface area contributed by atoms with Crippen molar-refractivity contribution in [1.29, 1.82) is 0 Å². The zero-order valence-electron chi connectivity index (χ0n) is 12.0. The minimum atomic E-state index is -0.190. The van der Waals surface area contributed by atoms with Crippen LogP contribution in [0.4, 0.5) is 0 Å². The highest BCUT2D eigenvalue weighted by Crippen LogP contribution is 2.23. The van der Waals surface area contributed by atoms with Gasteiger partial charge in [0.2, 0.25) is 0 Å². The number of rotatable bonds is 5. The Morgan fingerprint density at radius 3 is 2.85 bits per heavy atom. The average molecular weight is 289 g/mol. The van der Waals surface area contributed by atoms with Crippen LogP contribution in [0.25, 0.3) is 0 Å². The van der Waals surface area contributed by atoms with Crippen molar-refractivity contribution in [1.82, 2.24) is 14.8 Å². The summed E-state index contributed by atoms with van der Waals surface area (Å²) >= 11 is 5.20. The molecule has 4 nitrogen and oxygen atoms in total. The predicted molar refractivity (Wildman–Crippen MR) is 82.6 cm³/mol. The maximum atomic E-state index is 5.95. The van der Waals surface area contributed by atoms with E-state index in [1.54, 1.807) is 6.08 Å². The van der Waals surface area contributed by atoms with Crippen LogP contribution in [0.1, 0.15) is 30.0 Å². The molecule has 5 heteroatoms. The van der Waals surface area contributed by atoms with Crippen molar-refractivity contribution in [3.63, 3.8) is 0 Å². The van der Waals surface area contributed by atoms with Gasteiger partial charge in [0.25, 0.3) is 0 Å². The van der Waals surface area contributed by atoms with Gasteiger partial charge in [-0.25, -0.2) is 0 Å². The summed E-state index contributed by atoms with van der Waals surface area (Å²) in [6.07, 6.45) is 1.60. The van der Waals surface area contributed by atoms with E-state index < -0.39 is 0 Å². The molecular weight excluding hydrogens is 270 g/mol. The molecule has 1 N–H and O–H groups in total. The van der Waals surface area contributed by atoms with E-state index in [9.17, 15) is 0 Å². The second-order valence-corrected chi connectivity index (χ2v) is 5.18. The topological polar surface area (TPSA) is 42.8 Å². The molecule has 20 heavy (non-hydrogen) atoms. The van der Waals surface area contributed by atoms with E-state index in [0.29, 0.717) is 11.3 Å². The van der Waals surface area contributed by atoms with Crippen LogP contribution < -0.4 is 4.74 Å². The van der Waals surface area contributed by atoms with Crippen LogP contribution in [0.2, 0.25) is 0 Å². The first-order valence-electron chi connectivity index (χ1n) is 6.53. The standard InChI is InChI=1S/C15H19N3OS/c1-5-8-18-14(16-17-15(18)20)12(4)19-13-7-6-10(2)11(3)9-13/h5-7,9,12H,1,8H2,2-4H3,(H,17,20)/t12-/m0/s1. The molecule has 106 valence electrons. The van der Waals surface area contributed by atoms with E-state index in [1.807, 2.05) is 23.6 Å². The van der Waals surface area contributed by atoms with E-state index in [1.165, 1.54) is 11.1 Å². The highest BCUT2D eigenvalue weighted by atomic mass is 32.1. The molecule has 0 unspecified atom stereocenters. The third kappa shape index (κ3) is 2.99. The maximum Gasteiger partial charge on any atom is 0.195 e. The van der Waals surface area contributed by atoms with E-state index in [4.69, 9.17) is 17.0 Å². The monoisotopic (exact) mass is 289 g/mol. The molecule has 0 radical (unpaired) electrons. The lowest BCUT2D eigenvalue weighted by Crippen LogP contribution is -2.11. The Morgan fingerprint density at radius 2 is 2.20 bits per heavy atom. The highest BCUT2D eigenvalue weighted by Gasteiger charge is 2.15. The number of hydrogen-bond donors (Lipinski definition) is 1. The number of hydrogen-bond acceptors (Lipinski definition) is 3. The predicted octanol–water partition coefficient (Wildman–Crippen LogP) is 3.88. The van der Waals surface area contributed by atoms with Gasteiger partial charge in [-0.05, 0) is 56.2 Å². The van der Waals surface area contributed by atoms with Crippen molar-refractivity contribution in [2.75, 3.05) is 0 Å². The minimum absolute atomic E-state index is 0.190. The Bertz CT molecular complexity index is 672. The fourth-order valence-electron chi connectivity index (χ4n) is 1.99. The van der Waals surface area contributed by atoms with Gasteiger partial charge in [-0.15, -0.1) is 6.58 Å². The molecule has 1 aromatic heterocycles. The first-order valence-corrected chi connectivity index (χ1v) is 6.93. The number of aryl methyl sites for hydroxylation is 2. The van der Waals surface area contributed by atoms with Crippen LogP contribution in [0.15, 0.2) is 30.9 Å². The van der Waals surface area contributed by atoms with Crippen LogP contribution in [0.3, 0.4) is 0 Å². The van der Waals surface area contributed by atoms with Crippen molar-refractivity contribution in [3.8, 4) is 5.75 Å². The lowest BCUT2D eigenvalue weighted by Gasteiger charge is -2.15. The molecule has 0 fully saturated rings. The molecule has 0 saturated carbocycles. The molecule has 0 aliphatic rings. The van der Waals surface area contributed by atoms with E-state index in [-0.39, 0.29) is 6.10 Å².